The van der Waals surface area contributed by atoms with Crippen molar-refractivity contribution in [2.75, 3.05) is 0 Å². The minimum absolute atomic E-state index is 0.0724. The van der Waals surface area contributed by atoms with E-state index < -0.39 is 6.04 Å². The number of benzene rings is 8. The Kier molecular flexibility index (Phi) is 5.35. The summed E-state index contributed by atoms with van der Waals surface area (Å²) in [5.41, 5.74) is 9.02. The van der Waals surface area contributed by atoms with E-state index in [-0.39, 0.29) is 29.9 Å². The fourth-order valence-electron chi connectivity index (χ4n) is 6.80. The topological polar surface area (TPSA) is 17.8 Å². The van der Waals surface area contributed by atoms with Crippen LogP contribution in [0.1, 0.15) is 6.85 Å². The molecule has 0 aliphatic carbocycles. The van der Waals surface area contributed by atoms with Gasteiger partial charge in [0.25, 0.3) is 0 Å². The largest absolute Gasteiger partial charge is 0.292 e. The quantitative estimate of drug-likeness (QED) is 0.179. The van der Waals surface area contributed by atoms with Gasteiger partial charge in [0.2, 0.25) is 0 Å². The van der Waals surface area contributed by atoms with Crippen molar-refractivity contribution in [3.05, 3.63) is 182 Å². The number of aromatic nitrogens is 2. The van der Waals surface area contributed by atoms with Gasteiger partial charge in [-0.15, -0.1) is 0 Å². The highest BCUT2D eigenvalue weighted by Gasteiger charge is 2.18. The lowest BCUT2D eigenvalue weighted by Gasteiger charge is -2.18. The van der Waals surface area contributed by atoms with Crippen LogP contribution in [0, 0.1) is 0 Å². The number of fused-ring (bicyclic) bond motifs is 3. The van der Waals surface area contributed by atoms with Crippen molar-refractivity contribution in [1.29, 1.82) is 0 Å². The van der Waals surface area contributed by atoms with Gasteiger partial charge in [0.1, 0.15) is 5.82 Å². The van der Waals surface area contributed by atoms with Crippen molar-refractivity contribution in [2.45, 2.75) is 0 Å². The molecule has 0 fully saturated rings. The van der Waals surface area contributed by atoms with E-state index in [0.717, 1.165) is 43.8 Å². The standard InChI is InChI=1S/C45H30N2/c1-3-13-31(14-4-1)32-23-25-33(26-24-32)43-37-17-7-9-19-39(37)44(40-20-10-8-18-38(40)43)34-27-29-35(30-28-34)45-46-41-21-11-12-22-42(41)47(45)36-15-5-2-6-16-36/h1-30H/i2D,5D,6D,15D,16D. The second kappa shape index (κ2) is 11.3. The fraction of sp³-hybridized carbons (Fsp3) is 0. The van der Waals surface area contributed by atoms with Crippen LogP contribution in [0.25, 0.3) is 83.0 Å². The van der Waals surface area contributed by atoms with E-state index in [1.807, 2.05) is 42.5 Å². The lowest BCUT2D eigenvalue weighted by molar-refractivity contribution is 1.10. The Labute approximate surface area is 280 Å². The Morgan fingerprint density at radius 3 is 1.43 bits per heavy atom. The van der Waals surface area contributed by atoms with E-state index in [0.29, 0.717) is 16.9 Å². The monoisotopic (exact) mass is 603 g/mol. The summed E-state index contributed by atoms with van der Waals surface area (Å²) in [6.07, 6.45) is 0. The van der Waals surface area contributed by atoms with Gasteiger partial charge in [-0.25, -0.2) is 4.98 Å². The third-order valence-corrected chi connectivity index (χ3v) is 8.92. The van der Waals surface area contributed by atoms with E-state index in [2.05, 4.69) is 109 Å². The Hall–Kier alpha value is -6.25. The van der Waals surface area contributed by atoms with Crippen LogP contribution in [-0.4, -0.2) is 9.55 Å². The summed E-state index contributed by atoms with van der Waals surface area (Å²) in [5, 5.41) is 4.61. The van der Waals surface area contributed by atoms with Gasteiger partial charge >= 0.3 is 0 Å². The zero-order chi connectivity index (χ0) is 35.5. The summed E-state index contributed by atoms with van der Waals surface area (Å²) < 4.78 is 44.0. The van der Waals surface area contributed by atoms with Crippen LogP contribution in [0.5, 0.6) is 0 Å². The van der Waals surface area contributed by atoms with Crippen molar-refractivity contribution in [3.8, 4) is 50.5 Å². The maximum atomic E-state index is 8.75. The third-order valence-electron chi connectivity index (χ3n) is 8.92. The SMILES string of the molecule is [2H]c1c([2H])c([2H])c(-n2c(-c3ccc(-c4c5ccccc5c(-c5ccc(-c6ccccc6)cc5)c5ccccc45)cc3)nc3ccccc32)c([2H])c1[2H]. The first kappa shape index (κ1) is 22.3. The molecule has 0 atom stereocenters. The lowest BCUT2D eigenvalue weighted by atomic mass is 9.85. The van der Waals surface area contributed by atoms with Crippen LogP contribution in [-0.2, 0) is 0 Å². The number of hydrogen-bond acceptors (Lipinski definition) is 1. The molecule has 0 radical (unpaired) electrons. The maximum absolute atomic E-state index is 8.75. The van der Waals surface area contributed by atoms with Gasteiger partial charge in [0, 0.05) is 11.3 Å². The van der Waals surface area contributed by atoms with Crippen LogP contribution in [0.4, 0.5) is 0 Å². The number of nitrogens with zero attached hydrogens (tertiary/aromatic N) is 2. The summed E-state index contributed by atoms with van der Waals surface area (Å²) in [6.45, 7) is 0. The van der Waals surface area contributed by atoms with E-state index in [9.17, 15) is 0 Å². The highest BCUT2D eigenvalue weighted by atomic mass is 15.1. The molecule has 0 saturated heterocycles. The predicted molar refractivity (Wildman–Crippen MR) is 198 cm³/mol. The highest BCUT2D eigenvalue weighted by Crippen LogP contribution is 2.44. The van der Waals surface area contributed by atoms with Gasteiger partial charge in [0.15, 0.2) is 0 Å². The normalized spacial score (nSPS) is 12.9. The molecule has 1 aromatic heterocycles. The van der Waals surface area contributed by atoms with Gasteiger partial charge in [-0.1, -0.05) is 158 Å². The molecule has 47 heavy (non-hydrogen) atoms. The van der Waals surface area contributed by atoms with Gasteiger partial charge in [-0.3, -0.25) is 4.57 Å². The molecule has 1 heterocycles. The predicted octanol–water partition coefficient (Wildman–Crippen LogP) is 12.0. The molecule has 2 heteroatoms. The molecule has 9 rings (SSSR count). The average Bonchev–Trinajstić information content (AvgIpc) is 3.58. The molecule has 0 saturated carbocycles. The van der Waals surface area contributed by atoms with Crippen molar-refractivity contribution in [3.63, 3.8) is 0 Å². The smallest absolute Gasteiger partial charge is 0.145 e. The van der Waals surface area contributed by atoms with E-state index in [1.165, 1.54) is 16.7 Å². The number of imidazole rings is 1. The summed E-state index contributed by atoms with van der Waals surface area (Å²) in [7, 11) is 0. The number of hydrogen-bond donors (Lipinski definition) is 0. The fourth-order valence-corrected chi connectivity index (χ4v) is 6.80. The molecular formula is C45H30N2. The van der Waals surface area contributed by atoms with Crippen molar-refractivity contribution >= 4 is 32.6 Å². The minimum Gasteiger partial charge on any atom is -0.292 e. The molecule has 0 N–H and O–H groups in total. The summed E-state index contributed by atoms with van der Waals surface area (Å²) in [4.78, 5) is 4.92. The zero-order valence-electron chi connectivity index (χ0n) is 30.3. The zero-order valence-corrected chi connectivity index (χ0v) is 25.3. The Balaban J connectivity index is 1.21. The molecule has 220 valence electrons. The van der Waals surface area contributed by atoms with Gasteiger partial charge in [-0.2, -0.15) is 0 Å². The third kappa shape index (κ3) is 4.62. The summed E-state index contributed by atoms with van der Waals surface area (Å²) in [6, 6.07) is 50.2. The molecule has 9 aromatic rings. The first-order valence-electron chi connectivity index (χ1n) is 18.2. The van der Waals surface area contributed by atoms with E-state index >= 15 is 0 Å². The van der Waals surface area contributed by atoms with Crippen molar-refractivity contribution in [1.82, 2.24) is 9.55 Å². The van der Waals surface area contributed by atoms with Crippen molar-refractivity contribution < 1.29 is 6.85 Å². The van der Waals surface area contributed by atoms with Crippen LogP contribution >= 0.6 is 0 Å². The first-order chi connectivity index (χ1) is 25.4. The maximum Gasteiger partial charge on any atom is 0.145 e. The number of rotatable bonds is 5. The highest BCUT2D eigenvalue weighted by molar-refractivity contribution is 6.21. The van der Waals surface area contributed by atoms with Gasteiger partial charge < -0.3 is 0 Å². The average molecular weight is 604 g/mol. The molecule has 0 aliphatic heterocycles. The molecule has 0 aliphatic rings. The molecule has 0 spiro atoms. The molecule has 8 aromatic carbocycles. The summed E-state index contributed by atoms with van der Waals surface area (Å²) >= 11 is 0. The number of para-hydroxylation sites is 3. The Morgan fingerprint density at radius 1 is 0.404 bits per heavy atom. The van der Waals surface area contributed by atoms with E-state index in [4.69, 9.17) is 11.8 Å². The van der Waals surface area contributed by atoms with Gasteiger partial charge in [-0.05, 0) is 79.1 Å². The molecular weight excluding hydrogens is 569 g/mol. The molecule has 0 unspecified atom stereocenters. The molecule has 0 amide bonds. The Bertz CT molecular complexity index is 2740. The second-order valence-electron chi connectivity index (χ2n) is 11.6. The summed E-state index contributed by atoms with van der Waals surface area (Å²) in [5.74, 6) is 0.496. The molecule has 0 bridgehead atoms. The second-order valence-corrected chi connectivity index (χ2v) is 11.6. The van der Waals surface area contributed by atoms with Crippen LogP contribution in [0.15, 0.2) is 182 Å². The molecule has 2 nitrogen and oxygen atoms in total. The van der Waals surface area contributed by atoms with Crippen LogP contribution < -0.4 is 0 Å². The van der Waals surface area contributed by atoms with E-state index in [1.54, 1.807) is 4.57 Å². The van der Waals surface area contributed by atoms with Gasteiger partial charge in [0.05, 0.1) is 17.9 Å². The van der Waals surface area contributed by atoms with Crippen LogP contribution in [0.3, 0.4) is 0 Å². The van der Waals surface area contributed by atoms with Crippen LogP contribution in [0.2, 0.25) is 0 Å². The first-order valence-corrected chi connectivity index (χ1v) is 15.7. The lowest BCUT2D eigenvalue weighted by Crippen LogP contribution is -1.97. The Morgan fingerprint density at radius 2 is 0.851 bits per heavy atom. The van der Waals surface area contributed by atoms with Crippen molar-refractivity contribution in [2.24, 2.45) is 0 Å². The minimum atomic E-state index is -0.427.